The molecule has 0 aliphatic heterocycles. The first-order chi connectivity index (χ1) is 4.45. The molecule has 58 valence electrons. The SMILES string of the molecule is CCC(F)(C(N)=O)C(=O)O. The zero-order valence-electron chi connectivity index (χ0n) is 5.43. The van der Waals surface area contributed by atoms with Crippen molar-refractivity contribution in [1.82, 2.24) is 0 Å². The maximum atomic E-state index is 12.7. The zero-order valence-corrected chi connectivity index (χ0v) is 5.43. The number of primary amides is 1. The Bertz CT molecular complexity index is 154. The van der Waals surface area contributed by atoms with Gasteiger partial charge in [0.2, 0.25) is 0 Å². The number of carboxylic acids is 1. The molecular formula is C5H8FNO3. The number of halogens is 1. The molecule has 1 unspecified atom stereocenters. The summed E-state index contributed by atoms with van der Waals surface area (Å²) in [4.78, 5) is 20.2. The largest absolute Gasteiger partial charge is 0.478 e. The van der Waals surface area contributed by atoms with E-state index in [9.17, 15) is 14.0 Å². The molecule has 0 aliphatic rings. The van der Waals surface area contributed by atoms with Gasteiger partial charge in [-0.2, -0.15) is 0 Å². The number of alkyl halides is 1. The summed E-state index contributed by atoms with van der Waals surface area (Å²) < 4.78 is 12.7. The van der Waals surface area contributed by atoms with Crippen molar-refractivity contribution in [3.63, 3.8) is 0 Å². The first kappa shape index (κ1) is 8.87. The number of aliphatic carboxylic acids is 1. The predicted octanol–water partition coefficient (Wildman–Crippen LogP) is -0.325. The average Bonchev–Trinajstić information content (AvgIpc) is 1.85. The van der Waals surface area contributed by atoms with E-state index in [4.69, 9.17) is 5.11 Å². The molecule has 0 radical (unpaired) electrons. The maximum absolute atomic E-state index is 12.7. The molecule has 0 aromatic rings. The Kier molecular flexibility index (Phi) is 2.34. The lowest BCUT2D eigenvalue weighted by Gasteiger charge is -2.12. The van der Waals surface area contributed by atoms with Crippen molar-refractivity contribution in [3.8, 4) is 0 Å². The molecule has 4 nitrogen and oxygen atoms in total. The van der Waals surface area contributed by atoms with Crippen LogP contribution in [-0.2, 0) is 9.59 Å². The van der Waals surface area contributed by atoms with Crippen molar-refractivity contribution in [3.05, 3.63) is 0 Å². The minimum absolute atomic E-state index is 0.447. The molecule has 0 saturated carbocycles. The fraction of sp³-hybridized carbons (Fsp3) is 0.600. The standard InChI is InChI=1S/C5H8FNO3/c1-2-5(6,3(7)8)4(9)10/h2H2,1H3,(H2,7,8)(H,9,10). The van der Waals surface area contributed by atoms with E-state index in [2.05, 4.69) is 5.73 Å². The first-order valence-corrected chi connectivity index (χ1v) is 2.67. The van der Waals surface area contributed by atoms with Crippen LogP contribution in [0.25, 0.3) is 0 Å². The van der Waals surface area contributed by atoms with Crippen LogP contribution in [0, 0.1) is 0 Å². The minimum Gasteiger partial charge on any atom is -0.478 e. The van der Waals surface area contributed by atoms with Crippen LogP contribution in [0.2, 0.25) is 0 Å². The molecule has 5 heteroatoms. The van der Waals surface area contributed by atoms with Gasteiger partial charge < -0.3 is 10.8 Å². The van der Waals surface area contributed by atoms with Crippen molar-refractivity contribution in [2.24, 2.45) is 5.73 Å². The van der Waals surface area contributed by atoms with Crippen molar-refractivity contribution < 1.29 is 19.1 Å². The Hall–Kier alpha value is -1.13. The predicted molar refractivity (Wildman–Crippen MR) is 31.0 cm³/mol. The van der Waals surface area contributed by atoms with Crippen molar-refractivity contribution in [2.45, 2.75) is 19.0 Å². The number of nitrogens with two attached hydrogens (primary N) is 1. The van der Waals surface area contributed by atoms with E-state index in [1.807, 2.05) is 0 Å². The summed E-state index contributed by atoms with van der Waals surface area (Å²) in [6, 6.07) is 0. The van der Waals surface area contributed by atoms with Gasteiger partial charge in [0.05, 0.1) is 0 Å². The molecule has 0 rings (SSSR count). The maximum Gasteiger partial charge on any atom is 0.351 e. The Morgan fingerprint density at radius 3 is 2.10 bits per heavy atom. The van der Waals surface area contributed by atoms with E-state index in [0.717, 1.165) is 0 Å². The van der Waals surface area contributed by atoms with E-state index in [-0.39, 0.29) is 0 Å². The number of hydrogen-bond donors (Lipinski definition) is 2. The fourth-order valence-corrected chi connectivity index (χ4v) is 0.431. The molecule has 0 aromatic carbocycles. The second-order valence-corrected chi connectivity index (χ2v) is 1.82. The van der Waals surface area contributed by atoms with Crippen LogP contribution in [0.5, 0.6) is 0 Å². The first-order valence-electron chi connectivity index (χ1n) is 2.67. The number of hydrogen-bond acceptors (Lipinski definition) is 2. The summed E-state index contributed by atoms with van der Waals surface area (Å²) in [5.74, 6) is -3.29. The fourth-order valence-electron chi connectivity index (χ4n) is 0.431. The minimum atomic E-state index is -2.90. The van der Waals surface area contributed by atoms with Crippen molar-refractivity contribution in [1.29, 1.82) is 0 Å². The smallest absolute Gasteiger partial charge is 0.351 e. The summed E-state index contributed by atoms with van der Waals surface area (Å²) in [6.07, 6.45) is -0.447. The van der Waals surface area contributed by atoms with Gasteiger partial charge >= 0.3 is 5.97 Å². The molecule has 0 saturated heterocycles. The highest BCUT2D eigenvalue weighted by Gasteiger charge is 2.43. The van der Waals surface area contributed by atoms with Gasteiger partial charge in [0.1, 0.15) is 0 Å². The van der Waals surface area contributed by atoms with Crippen molar-refractivity contribution >= 4 is 11.9 Å². The quantitative estimate of drug-likeness (QED) is 0.539. The van der Waals surface area contributed by atoms with Gasteiger partial charge in [0.15, 0.2) is 0 Å². The monoisotopic (exact) mass is 149 g/mol. The average molecular weight is 149 g/mol. The Labute approximate surface area is 56.8 Å². The molecule has 0 spiro atoms. The third kappa shape index (κ3) is 1.23. The lowest BCUT2D eigenvalue weighted by Crippen LogP contribution is -2.46. The van der Waals surface area contributed by atoms with Crippen LogP contribution in [0.4, 0.5) is 4.39 Å². The van der Waals surface area contributed by atoms with Gasteiger partial charge in [-0.25, -0.2) is 9.18 Å². The molecule has 0 aliphatic carbocycles. The Morgan fingerprint density at radius 2 is 2.10 bits per heavy atom. The van der Waals surface area contributed by atoms with E-state index in [1.54, 1.807) is 0 Å². The molecule has 0 bridgehead atoms. The third-order valence-electron chi connectivity index (χ3n) is 1.22. The van der Waals surface area contributed by atoms with Gasteiger partial charge in [-0.3, -0.25) is 4.79 Å². The summed E-state index contributed by atoms with van der Waals surface area (Å²) in [6.45, 7) is 1.23. The van der Waals surface area contributed by atoms with Gasteiger partial charge in [-0.15, -0.1) is 0 Å². The molecule has 0 aromatic heterocycles. The second kappa shape index (κ2) is 2.64. The molecule has 0 heterocycles. The summed E-state index contributed by atoms with van der Waals surface area (Å²) in [5.41, 5.74) is 1.58. The molecular weight excluding hydrogens is 141 g/mol. The highest BCUT2D eigenvalue weighted by atomic mass is 19.1. The van der Waals surface area contributed by atoms with Crippen LogP contribution in [0.15, 0.2) is 0 Å². The lowest BCUT2D eigenvalue weighted by atomic mass is 10.0. The van der Waals surface area contributed by atoms with Crippen LogP contribution >= 0.6 is 0 Å². The van der Waals surface area contributed by atoms with Crippen LogP contribution in [0.1, 0.15) is 13.3 Å². The van der Waals surface area contributed by atoms with E-state index in [1.165, 1.54) is 6.92 Å². The van der Waals surface area contributed by atoms with Gasteiger partial charge in [-0.1, -0.05) is 6.92 Å². The van der Waals surface area contributed by atoms with Crippen LogP contribution < -0.4 is 5.73 Å². The summed E-state index contributed by atoms with van der Waals surface area (Å²) in [5, 5.41) is 8.13. The summed E-state index contributed by atoms with van der Waals surface area (Å²) in [7, 11) is 0. The highest BCUT2D eigenvalue weighted by Crippen LogP contribution is 2.14. The number of rotatable bonds is 3. The van der Waals surface area contributed by atoms with Gasteiger partial charge in [0.25, 0.3) is 11.6 Å². The van der Waals surface area contributed by atoms with E-state index in [0.29, 0.717) is 0 Å². The second-order valence-electron chi connectivity index (χ2n) is 1.82. The van der Waals surface area contributed by atoms with Crippen molar-refractivity contribution in [2.75, 3.05) is 0 Å². The summed E-state index contributed by atoms with van der Waals surface area (Å²) >= 11 is 0. The number of carbonyl (C=O) groups excluding carboxylic acids is 1. The lowest BCUT2D eigenvalue weighted by molar-refractivity contribution is -0.157. The van der Waals surface area contributed by atoms with Crippen LogP contribution in [0.3, 0.4) is 0 Å². The molecule has 1 atom stereocenters. The third-order valence-corrected chi connectivity index (χ3v) is 1.22. The normalized spacial score (nSPS) is 15.8. The number of carbonyl (C=O) groups is 2. The van der Waals surface area contributed by atoms with E-state index >= 15 is 0 Å². The number of amides is 1. The molecule has 3 N–H and O–H groups in total. The molecule has 1 amide bonds. The van der Waals surface area contributed by atoms with Crippen LogP contribution in [-0.4, -0.2) is 22.7 Å². The molecule has 10 heavy (non-hydrogen) atoms. The number of carboxylic acid groups (broad SMARTS) is 1. The highest BCUT2D eigenvalue weighted by molar-refractivity contribution is 6.04. The Morgan fingerprint density at radius 1 is 1.70 bits per heavy atom. The van der Waals surface area contributed by atoms with Gasteiger partial charge in [-0.05, 0) is 6.42 Å². The van der Waals surface area contributed by atoms with Gasteiger partial charge in [0, 0.05) is 0 Å². The Balaban J connectivity index is 4.55. The van der Waals surface area contributed by atoms with E-state index < -0.39 is 24.0 Å². The zero-order chi connectivity index (χ0) is 8.36. The topological polar surface area (TPSA) is 80.4 Å². The molecule has 0 fully saturated rings.